The van der Waals surface area contributed by atoms with Crippen molar-refractivity contribution in [2.24, 2.45) is 7.05 Å². The molecule has 0 bridgehead atoms. The van der Waals surface area contributed by atoms with Crippen LogP contribution >= 0.6 is 11.8 Å². The molecule has 36 heavy (non-hydrogen) atoms. The van der Waals surface area contributed by atoms with Crippen molar-refractivity contribution < 1.29 is 9.90 Å². The van der Waals surface area contributed by atoms with Crippen molar-refractivity contribution in [1.82, 2.24) is 19.7 Å². The molecule has 3 aromatic heterocycles. The quantitative estimate of drug-likeness (QED) is 0.374. The number of nitrogens with one attached hydrogen (secondary N) is 2. The van der Waals surface area contributed by atoms with Gasteiger partial charge in [-0.15, -0.1) is 11.8 Å². The number of thioether (sulfide) groups is 1. The van der Waals surface area contributed by atoms with E-state index in [1.807, 2.05) is 68.0 Å². The summed E-state index contributed by atoms with van der Waals surface area (Å²) >= 11 is 1.76. The van der Waals surface area contributed by atoms with Crippen LogP contribution in [0.25, 0.3) is 11.4 Å². The molecule has 0 saturated carbocycles. The van der Waals surface area contributed by atoms with Crippen LogP contribution in [0.2, 0.25) is 0 Å². The fourth-order valence-electron chi connectivity index (χ4n) is 4.45. The summed E-state index contributed by atoms with van der Waals surface area (Å²) in [6.45, 7) is 3.92. The van der Waals surface area contributed by atoms with E-state index in [1.165, 1.54) is 0 Å². The van der Waals surface area contributed by atoms with Crippen LogP contribution in [0, 0.1) is 13.8 Å². The number of carbonyl (C=O) groups is 1. The monoisotopic (exact) mass is 500 g/mol. The Morgan fingerprint density at radius 3 is 2.72 bits per heavy atom. The second-order valence-electron chi connectivity index (χ2n) is 8.85. The number of benzene rings is 1. The molecule has 0 unspecified atom stereocenters. The van der Waals surface area contributed by atoms with Crippen LogP contribution in [0.1, 0.15) is 38.0 Å². The van der Waals surface area contributed by atoms with Crippen LogP contribution in [0.3, 0.4) is 0 Å². The van der Waals surface area contributed by atoms with Gasteiger partial charge in [0, 0.05) is 36.3 Å². The molecule has 184 valence electrons. The molecule has 8 nitrogen and oxygen atoms in total. The van der Waals surface area contributed by atoms with Crippen LogP contribution in [-0.2, 0) is 7.05 Å². The molecule has 1 aliphatic heterocycles. The maximum atomic E-state index is 13.0. The Balaban J connectivity index is 1.54. The second kappa shape index (κ2) is 10.1. The van der Waals surface area contributed by atoms with Crippen molar-refractivity contribution in [2.45, 2.75) is 25.1 Å². The number of hydrogen-bond donors (Lipinski definition) is 3. The highest BCUT2D eigenvalue weighted by atomic mass is 32.2. The zero-order valence-corrected chi connectivity index (χ0v) is 21.2. The third-order valence-electron chi connectivity index (χ3n) is 6.35. The highest BCUT2D eigenvalue weighted by molar-refractivity contribution is 7.99. The maximum absolute atomic E-state index is 13.0. The molecule has 1 aromatic carbocycles. The lowest BCUT2D eigenvalue weighted by molar-refractivity contribution is 0.102. The number of carbonyl (C=O) groups excluding carboxylic acids is 1. The maximum Gasteiger partial charge on any atom is 0.255 e. The Labute approximate surface area is 214 Å². The van der Waals surface area contributed by atoms with Gasteiger partial charge in [-0.3, -0.25) is 19.4 Å². The van der Waals surface area contributed by atoms with Gasteiger partial charge in [-0.2, -0.15) is 5.10 Å². The summed E-state index contributed by atoms with van der Waals surface area (Å²) in [6.07, 6.45) is 3.47. The Kier molecular flexibility index (Phi) is 6.75. The summed E-state index contributed by atoms with van der Waals surface area (Å²) in [5, 5.41) is 21.1. The Bertz CT molecular complexity index is 1400. The van der Waals surface area contributed by atoms with E-state index < -0.39 is 0 Å². The number of aliphatic hydroxyl groups is 1. The predicted octanol–water partition coefficient (Wildman–Crippen LogP) is 4.36. The third kappa shape index (κ3) is 4.59. The number of fused-ring (bicyclic) bond motifs is 1. The minimum absolute atomic E-state index is 0.0229. The number of aryl methyl sites for hydroxylation is 3. The van der Waals surface area contributed by atoms with Crippen LogP contribution in [-0.4, -0.2) is 49.2 Å². The Morgan fingerprint density at radius 2 is 2.00 bits per heavy atom. The van der Waals surface area contributed by atoms with Gasteiger partial charge in [-0.1, -0.05) is 12.1 Å². The summed E-state index contributed by atoms with van der Waals surface area (Å²) in [7, 11) is 1.90. The molecule has 3 N–H and O–H groups in total. The van der Waals surface area contributed by atoms with Gasteiger partial charge in [-0.25, -0.2) is 0 Å². The lowest BCUT2D eigenvalue weighted by Gasteiger charge is -2.19. The molecule has 1 aliphatic rings. The normalized spacial score (nSPS) is 17.1. The Hall–Kier alpha value is -3.69. The second-order valence-corrected chi connectivity index (χ2v) is 9.99. The fraction of sp³-hybridized carbons (Fsp3) is 0.259. The van der Waals surface area contributed by atoms with Gasteiger partial charge in [0.25, 0.3) is 5.91 Å². The molecule has 1 amide bonds. The number of aliphatic hydroxyl groups excluding tert-OH is 1. The van der Waals surface area contributed by atoms with E-state index in [0.717, 1.165) is 45.3 Å². The minimum atomic E-state index is -0.174. The van der Waals surface area contributed by atoms with Crippen molar-refractivity contribution in [3.8, 4) is 11.4 Å². The first kappa shape index (κ1) is 24.0. The van der Waals surface area contributed by atoms with Crippen LogP contribution in [0.15, 0.2) is 60.9 Å². The predicted molar refractivity (Wildman–Crippen MR) is 143 cm³/mol. The molecule has 4 heterocycles. The summed E-state index contributed by atoms with van der Waals surface area (Å²) in [5.41, 5.74) is 6.79. The van der Waals surface area contributed by atoms with Crippen molar-refractivity contribution in [2.75, 3.05) is 23.0 Å². The van der Waals surface area contributed by atoms with Gasteiger partial charge in [0.05, 0.1) is 35.0 Å². The summed E-state index contributed by atoms with van der Waals surface area (Å²) < 4.78 is 1.83. The van der Waals surface area contributed by atoms with E-state index in [2.05, 4.69) is 20.6 Å². The number of hydrogen-bond acceptors (Lipinski definition) is 7. The largest absolute Gasteiger partial charge is 0.394 e. The van der Waals surface area contributed by atoms with Gasteiger partial charge in [-0.05, 0) is 61.4 Å². The van der Waals surface area contributed by atoms with E-state index in [4.69, 9.17) is 5.10 Å². The van der Waals surface area contributed by atoms with Crippen LogP contribution < -0.4 is 10.6 Å². The van der Waals surface area contributed by atoms with E-state index in [-0.39, 0.29) is 23.8 Å². The standard InChI is InChI=1S/C27H28N6O2S/c1-16-13-18(27(35)31-21-8-6-12-28-17(21)2)9-10-20(16)25-23-24(22-7-4-5-11-29-22)32-33(3)26(23)30-19(14-34)15-36-25/h4-13,19,25,30,34H,14-15H2,1-3H3,(H,31,35)/t19-,25+/m0/s1. The molecule has 0 fully saturated rings. The van der Waals surface area contributed by atoms with Crippen molar-refractivity contribution in [1.29, 1.82) is 0 Å². The topological polar surface area (TPSA) is 105 Å². The van der Waals surface area contributed by atoms with Crippen LogP contribution in [0.5, 0.6) is 0 Å². The van der Waals surface area contributed by atoms with Crippen molar-refractivity contribution in [3.63, 3.8) is 0 Å². The summed E-state index contributed by atoms with van der Waals surface area (Å²) in [6, 6.07) is 15.2. The van der Waals surface area contributed by atoms with Crippen molar-refractivity contribution >= 4 is 29.2 Å². The lowest BCUT2D eigenvalue weighted by atomic mass is 9.96. The number of pyridine rings is 2. The van der Waals surface area contributed by atoms with E-state index in [9.17, 15) is 9.90 Å². The zero-order chi connectivity index (χ0) is 25.2. The van der Waals surface area contributed by atoms with Gasteiger partial charge in [0.15, 0.2) is 0 Å². The van der Waals surface area contributed by atoms with Gasteiger partial charge < -0.3 is 15.7 Å². The smallest absolute Gasteiger partial charge is 0.255 e. The van der Waals surface area contributed by atoms with Gasteiger partial charge in [0.1, 0.15) is 11.5 Å². The average molecular weight is 501 g/mol. The van der Waals surface area contributed by atoms with Gasteiger partial charge >= 0.3 is 0 Å². The first-order valence-electron chi connectivity index (χ1n) is 11.8. The lowest BCUT2D eigenvalue weighted by Crippen LogP contribution is -2.26. The molecular weight excluding hydrogens is 472 g/mol. The summed E-state index contributed by atoms with van der Waals surface area (Å²) in [4.78, 5) is 21.8. The number of anilines is 2. The third-order valence-corrected chi connectivity index (χ3v) is 7.77. The van der Waals surface area contributed by atoms with E-state index >= 15 is 0 Å². The van der Waals surface area contributed by atoms with Crippen LogP contribution in [0.4, 0.5) is 11.5 Å². The highest BCUT2D eigenvalue weighted by Crippen LogP contribution is 2.47. The zero-order valence-electron chi connectivity index (χ0n) is 20.4. The molecule has 0 saturated heterocycles. The summed E-state index contributed by atoms with van der Waals surface area (Å²) in [5.74, 6) is 1.42. The van der Waals surface area contributed by atoms with Gasteiger partial charge in [0.2, 0.25) is 0 Å². The van der Waals surface area contributed by atoms with E-state index in [1.54, 1.807) is 30.2 Å². The first-order valence-corrected chi connectivity index (χ1v) is 12.8. The number of rotatable bonds is 5. The number of amides is 1. The molecule has 5 rings (SSSR count). The molecule has 4 aromatic rings. The highest BCUT2D eigenvalue weighted by Gasteiger charge is 2.33. The fourth-order valence-corrected chi connectivity index (χ4v) is 5.90. The van der Waals surface area contributed by atoms with E-state index in [0.29, 0.717) is 11.3 Å². The minimum Gasteiger partial charge on any atom is -0.394 e. The number of aromatic nitrogens is 4. The molecule has 0 spiro atoms. The molecule has 9 heteroatoms. The average Bonchev–Trinajstić information content (AvgIpc) is 3.08. The first-order chi connectivity index (χ1) is 17.5. The SMILES string of the molecule is Cc1cc(C(=O)Nc2cccnc2C)ccc1[C@H]1SC[C@H](CO)Nc2c1c(-c1ccccn1)nn2C. The Morgan fingerprint density at radius 1 is 1.17 bits per heavy atom. The molecule has 2 atom stereocenters. The number of nitrogens with zero attached hydrogens (tertiary/aromatic N) is 4. The molecule has 0 radical (unpaired) electrons. The molecular formula is C27H28N6O2S. The molecule has 0 aliphatic carbocycles. The van der Waals surface area contributed by atoms with Crippen molar-refractivity contribution in [3.05, 3.63) is 88.9 Å².